The van der Waals surface area contributed by atoms with Crippen LogP contribution in [0.5, 0.6) is 0 Å². The van der Waals surface area contributed by atoms with Crippen molar-refractivity contribution in [3.63, 3.8) is 0 Å². The van der Waals surface area contributed by atoms with E-state index in [1.807, 2.05) is 23.1 Å². The standard InChI is InChI=1S/C22H26N6O2/c1-16-6-5-7-18(17(16)2)26-12-14-27(15-13-26)21(30)10-9-20(29)23-22-25-24-19-8-3-4-11-28(19)22/h3-8,11H,9-10,12-15H2,1-2H3,(H,23,25,29). The highest BCUT2D eigenvalue weighted by molar-refractivity contribution is 5.92. The lowest BCUT2D eigenvalue weighted by atomic mass is 10.1. The van der Waals surface area contributed by atoms with E-state index >= 15 is 0 Å². The molecular weight excluding hydrogens is 380 g/mol. The highest BCUT2D eigenvalue weighted by Gasteiger charge is 2.23. The second kappa shape index (κ2) is 8.52. The van der Waals surface area contributed by atoms with E-state index in [9.17, 15) is 9.59 Å². The number of benzene rings is 1. The Kier molecular flexibility index (Phi) is 5.65. The normalized spacial score (nSPS) is 14.2. The summed E-state index contributed by atoms with van der Waals surface area (Å²) in [5.74, 6) is 0.137. The van der Waals surface area contributed by atoms with Gasteiger partial charge in [0, 0.05) is 50.9 Å². The van der Waals surface area contributed by atoms with Crippen molar-refractivity contribution in [1.29, 1.82) is 0 Å². The number of hydrogen-bond donors (Lipinski definition) is 1. The molecule has 0 aliphatic carbocycles. The second-order valence-electron chi connectivity index (χ2n) is 7.59. The van der Waals surface area contributed by atoms with Gasteiger partial charge in [-0.3, -0.25) is 19.3 Å². The number of aryl methyl sites for hydroxylation is 1. The predicted molar refractivity (Wildman–Crippen MR) is 116 cm³/mol. The molecule has 2 amide bonds. The number of pyridine rings is 1. The Morgan fingerprint density at radius 2 is 1.77 bits per heavy atom. The molecule has 0 bridgehead atoms. The Bertz CT molecular complexity index is 1070. The molecule has 1 aliphatic heterocycles. The van der Waals surface area contributed by atoms with E-state index < -0.39 is 0 Å². The maximum absolute atomic E-state index is 12.6. The highest BCUT2D eigenvalue weighted by atomic mass is 16.2. The van der Waals surface area contributed by atoms with Gasteiger partial charge in [-0.25, -0.2) is 0 Å². The van der Waals surface area contributed by atoms with Crippen LogP contribution in [-0.4, -0.2) is 57.5 Å². The first-order valence-electron chi connectivity index (χ1n) is 10.2. The van der Waals surface area contributed by atoms with Crippen molar-refractivity contribution in [1.82, 2.24) is 19.5 Å². The number of fused-ring (bicyclic) bond motifs is 1. The Balaban J connectivity index is 1.27. The first-order valence-corrected chi connectivity index (χ1v) is 10.2. The number of piperazine rings is 1. The van der Waals surface area contributed by atoms with Crippen LogP contribution in [-0.2, 0) is 9.59 Å². The van der Waals surface area contributed by atoms with Crippen LogP contribution in [0.4, 0.5) is 11.6 Å². The molecule has 1 aliphatic rings. The summed E-state index contributed by atoms with van der Waals surface area (Å²) in [5, 5.41) is 10.7. The van der Waals surface area contributed by atoms with Crippen LogP contribution < -0.4 is 10.2 Å². The van der Waals surface area contributed by atoms with Crippen LogP contribution in [0.1, 0.15) is 24.0 Å². The van der Waals surface area contributed by atoms with Crippen LogP contribution in [0.25, 0.3) is 5.65 Å². The summed E-state index contributed by atoms with van der Waals surface area (Å²) in [6, 6.07) is 11.8. The maximum atomic E-state index is 12.6. The van der Waals surface area contributed by atoms with Gasteiger partial charge in [0.05, 0.1) is 0 Å². The quantitative estimate of drug-likeness (QED) is 0.704. The molecule has 0 saturated carbocycles. The number of nitrogens with one attached hydrogen (secondary N) is 1. The third-order valence-electron chi connectivity index (χ3n) is 5.68. The van der Waals surface area contributed by atoms with Crippen molar-refractivity contribution < 1.29 is 9.59 Å². The summed E-state index contributed by atoms with van der Waals surface area (Å²) in [6.07, 6.45) is 2.09. The molecule has 0 spiro atoms. The fourth-order valence-corrected chi connectivity index (χ4v) is 3.77. The SMILES string of the molecule is Cc1cccc(N2CCN(C(=O)CCC(=O)Nc3nnc4ccccn34)CC2)c1C. The first-order chi connectivity index (χ1) is 14.5. The Morgan fingerprint density at radius 1 is 0.967 bits per heavy atom. The summed E-state index contributed by atoms with van der Waals surface area (Å²) in [4.78, 5) is 29.0. The molecule has 4 rings (SSSR count). The summed E-state index contributed by atoms with van der Waals surface area (Å²) >= 11 is 0. The van der Waals surface area contributed by atoms with Crippen LogP contribution in [0, 0.1) is 13.8 Å². The zero-order chi connectivity index (χ0) is 21.1. The second-order valence-corrected chi connectivity index (χ2v) is 7.59. The molecular formula is C22H26N6O2. The van der Waals surface area contributed by atoms with Gasteiger partial charge in [-0.15, -0.1) is 10.2 Å². The number of rotatable bonds is 5. The van der Waals surface area contributed by atoms with Crippen molar-refractivity contribution in [2.75, 3.05) is 36.4 Å². The number of carbonyl (C=O) groups excluding carboxylic acids is 2. The van der Waals surface area contributed by atoms with Crippen LogP contribution in [0.2, 0.25) is 0 Å². The number of amides is 2. The summed E-state index contributed by atoms with van der Waals surface area (Å²) in [5.41, 5.74) is 4.46. The van der Waals surface area contributed by atoms with Gasteiger partial charge in [0.2, 0.25) is 17.8 Å². The smallest absolute Gasteiger partial charge is 0.235 e. The number of aromatic nitrogens is 3. The van der Waals surface area contributed by atoms with Crippen LogP contribution in [0.15, 0.2) is 42.6 Å². The lowest BCUT2D eigenvalue weighted by Gasteiger charge is -2.37. The Labute approximate surface area is 175 Å². The number of anilines is 2. The third kappa shape index (κ3) is 4.12. The number of nitrogens with zero attached hydrogens (tertiary/aromatic N) is 5. The average molecular weight is 406 g/mol. The van der Waals surface area contributed by atoms with Crippen molar-refractivity contribution in [2.24, 2.45) is 0 Å². The van der Waals surface area contributed by atoms with Gasteiger partial charge in [0.1, 0.15) is 0 Å². The minimum absolute atomic E-state index is 0.0110. The van der Waals surface area contributed by atoms with Gasteiger partial charge < -0.3 is 9.80 Å². The molecule has 0 radical (unpaired) electrons. The number of hydrogen-bond acceptors (Lipinski definition) is 5. The fourth-order valence-electron chi connectivity index (χ4n) is 3.77. The van der Waals surface area contributed by atoms with Crippen LogP contribution >= 0.6 is 0 Å². The van der Waals surface area contributed by atoms with Gasteiger partial charge in [0.15, 0.2) is 5.65 Å². The van der Waals surface area contributed by atoms with Gasteiger partial charge in [-0.1, -0.05) is 18.2 Å². The van der Waals surface area contributed by atoms with Gasteiger partial charge in [-0.2, -0.15) is 0 Å². The molecule has 30 heavy (non-hydrogen) atoms. The molecule has 8 heteroatoms. The monoisotopic (exact) mass is 406 g/mol. The fraction of sp³-hybridized carbons (Fsp3) is 0.364. The van der Waals surface area contributed by atoms with Crippen molar-refractivity contribution in [2.45, 2.75) is 26.7 Å². The van der Waals surface area contributed by atoms with E-state index in [1.165, 1.54) is 16.8 Å². The van der Waals surface area contributed by atoms with Crippen molar-refractivity contribution in [3.8, 4) is 0 Å². The molecule has 1 saturated heterocycles. The highest BCUT2D eigenvalue weighted by Crippen LogP contribution is 2.24. The molecule has 0 atom stereocenters. The van der Waals surface area contributed by atoms with E-state index in [4.69, 9.17) is 0 Å². The Morgan fingerprint density at radius 3 is 2.57 bits per heavy atom. The van der Waals surface area contributed by atoms with Crippen molar-refractivity contribution >= 4 is 29.1 Å². The van der Waals surface area contributed by atoms with Gasteiger partial charge in [0.25, 0.3) is 0 Å². The van der Waals surface area contributed by atoms with E-state index in [1.54, 1.807) is 10.6 Å². The number of carbonyl (C=O) groups is 2. The molecule has 3 heterocycles. The molecule has 1 aromatic carbocycles. The largest absolute Gasteiger partial charge is 0.368 e. The van der Waals surface area contributed by atoms with E-state index in [0.717, 1.165) is 13.1 Å². The molecule has 0 unspecified atom stereocenters. The lowest BCUT2D eigenvalue weighted by molar-refractivity contribution is -0.133. The average Bonchev–Trinajstić information content (AvgIpc) is 3.17. The minimum Gasteiger partial charge on any atom is -0.368 e. The van der Waals surface area contributed by atoms with E-state index in [-0.39, 0.29) is 24.7 Å². The van der Waals surface area contributed by atoms with Crippen LogP contribution in [0.3, 0.4) is 0 Å². The minimum atomic E-state index is -0.240. The maximum Gasteiger partial charge on any atom is 0.235 e. The molecule has 1 fully saturated rings. The van der Waals surface area contributed by atoms with Crippen molar-refractivity contribution in [3.05, 3.63) is 53.7 Å². The summed E-state index contributed by atoms with van der Waals surface area (Å²) in [7, 11) is 0. The summed E-state index contributed by atoms with van der Waals surface area (Å²) < 4.78 is 1.70. The van der Waals surface area contributed by atoms with E-state index in [0.29, 0.717) is 24.7 Å². The predicted octanol–water partition coefficient (Wildman–Crippen LogP) is 2.41. The van der Waals surface area contributed by atoms with E-state index in [2.05, 4.69) is 52.5 Å². The molecule has 1 N–H and O–H groups in total. The molecule has 156 valence electrons. The molecule has 3 aromatic rings. The lowest BCUT2D eigenvalue weighted by Crippen LogP contribution is -2.49. The zero-order valence-electron chi connectivity index (χ0n) is 17.3. The topological polar surface area (TPSA) is 82.8 Å². The van der Waals surface area contributed by atoms with Gasteiger partial charge in [-0.05, 0) is 43.2 Å². The summed E-state index contributed by atoms with van der Waals surface area (Å²) in [6.45, 7) is 7.19. The van der Waals surface area contributed by atoms with Gasteiger partial charge >= 0.3 is 0 Å². The molecule has 8 nitrogen and oxygen atoms in total. The Hall–Kier alpha value is -3.42. The third-order valence-corrected chi connectivity index (χ3v) is 5.68. The molecule has 2 aromatic heterocycles. The zero-order valence-corrected chi connectivity index (χ0v) is 17.3. The first kappa shape index (κ1) is 19.9.